The number of piperidine rings is 1. The first kappa shape index (κ1) is 17.6. The van der Waals surface area contributed by atoms with Gasteiger partial charge >= 0.3 is 0 Å². The highest BCUT2D eigenvalue weighted by atomic mass is 19.1. The number of hydrogen-bond donors (Lipinski definition) is 0. The lowest BCUT2D eigenvalue weighted by Gasteiger charge is -2.33. The van der Waals surface area contributed by atoms with Gasteiger partial charge in [0.05, 0.1) is 12.0 Å². The molecule has 1 aromatic heterocycles. The molecule has 0 saturated carbocycles. The molecule has 1 atom stereocenters. The lowest BCUT2D eigenvalue weighted by molar-refractivity contribution is 0.159. The summed E-state index contributed by atoms with van der Waals surface area (Å²) in [4.78, 5) is 7.27. The highest BCUT2D eigenvalue weighted by molar-refractivity contribution is 5.34. The first-order valence-electron chi connectivity index (χ1n) is 9.50. The molecule has 2 aliphatic heterocycles. The maximum Gasteiger partial charge on any atom is 0.229 e. The van der Waals surface area contributed by atoms with Gasteiger partial charge in [0.25, 0.3) is 0 Å². The second-order valence-electron chi connectivity index (χ2n) is 7.75. The van der Waals surface area contributed by atoms with E-state index in [1.54, 1.807) is 12.1 Å². The van der Waals surface area contributed by atoms with E-state index in [4.69, 9.17) is 14.2 Å². The molecular weight excluding hydrogens is 333 g/mol. The summed E-state index contributed by atoms with van der Waals surface area (Å²) >= 11 is 0. The van der Waals surface area contributed by atoms with Crippen LogP contribution >= 0.6 is 0 Å². The van der Waals surface area contributed by atoms with Gasteiger partial charge in [-0.2, -0.15) is 4.98 Å². The molecule has 2 fully saturated rings. The van der Waals surface area contributed by atoms with Crippen molar-refractivity contribution in [3.05, 3.63) is 47.4 Å². The van der Waals surface area contributed by atoms with Gasteiger partial charge in [0.1, 0.15) is 5.82 Å². The summed E-state index contributed by atoms with van der Waals surface area (Å²) < 4.78 is 24.7. The molecule has 0 amide bonds. The molecule has 26 heavy (non-hydrogen) atoms. The number of nitrogens with zero attached hydrogens (tertiary/aromatic N) is 3. The minimum Gasteiger partial charge on any atom is -0.380 e. The third-order valence-corrected chi connectivity index (χ3v) is 5.90. The fourth-order valence-corrected chi connectivity index (χ4v) is 4.13. The Balaban J connectivity index is 1.57. The third-order valence-electron chi connectivity index (χ3n) is 5.90. The molecule has 4 rings (SSSR count). The van der Waals surface area contributed by atoms with Crippen molar-refractivity contribution in [3.8, 4) is 0 Å². The van der Waals surface area contributed by atoms with E-state index in [-0.39, 0.29) is 5.82 Å². The molecule has 0 bridgehead atoms. The lowest BCUT2D eigenvalue weighted by atomic mass is 9.79. The largest absolute Gasteiger partial charge is 0.380 e. The topological polar surface area (TPSA) is 51.4 Å². The average Bonchev–Trinajstić information content (AvgIpc) is 3.33. The molecule has 2 aliphatic rings. The highest BCUT2D eigenvalue weighted by Gasteiger charge is 2.43. The number of ether oxygens (including phenoxy) is 1. The SMILES string of the molecule is CC(C)N1CCC(c2nc(C3(c4ccc(F)cc4)CCOC3)no2)CC1. The van der Waals surface area contributed by atoms with Crippen LogP contribution in [0, 0.1) is 5.82 Å². The summed E-state index contributed by atoms with van der Waals surface area (Å²) in [5.41, 5.74) is 0.548. The van der Waals surface area contributed by atoms with Crippen LogP contribution in [-0.4, -0.2) is 47.4 Å². The lowest BCUT2D eigenvalue weighted by Crippen LogP contribution is -2.38. The molecule has 0 radical (unpaired) electrons. The van der Waals surface area contributed by atoms with Gasteiger partial charge < -0.3 is 14.2 Å². The van der Waals surface area contributed by atoms with Crippen molar-refractivity contribution < 1.29 is 13.7 Å². The molecule has 140 valence electrons. The molecular formula is C20H26FN3O2. The van der Waals surface area contributed by atoms with Gasteiger partial charge in [-0.1, -0.05) is 17.3 Å². The zero-order chi connectivity index (χ0) is 18.1. The molecule has 5 nitrogen and oxygen atoms in total. The smallest absolute Gasteiger partial charge is 0.229 e. The normalized spacial score (nSPS) is 25.2. The number of benzene rings is 1. The summed E-state index contributed by atoms with van der Waals surface area (Å²) in [5, 5.41) is 4.33. The Morgan fingerprint density at radius 1 is 1.19 bits per heavy atom. The van der Waals surface area contributed by atoms with Crippen LogP contribution in [0.15, 0.2) is 28.8 Å². The van der Waals surface area contributed by atoms with E-state index >= 15 is 0 Å². The van der Waals surface area contributed by atoms with Gasteiger partial charge in [-0.25, -0.2) is 4.39 Å². The average molecular weight is 359 g/mol. The third kappa shape index (κ3) is 3.16. The van der Waals surface area contributed by atoms with E-state index in [0.29, 0.717) is 31.0 Å². The number of aromatic nitrogens is 2. The van der Waals surface area contributed by atoms with Gasteiger partial charge in [0.15, 0.2) is 5.82 Å². The Bertz CT molecular complexity index is 730. The van der Waals surface area contributed by atoms with Crippen molar-refractivity contribution in [2.24, 2.45) is 0 Å². The molecule has 2 saturated heterocycles. The van der Waals surface area contributed by atoms with Crippen LogP contribution in [0.2, 0.25) is 0 Å². The summed E-state index contributed by atoms with van der Waals surface area (Å²) in [6, 6.07) is 7.16. The Kier molecular flexibility index (Phi) is 4.80. The van der Waals surface area contributed by atoms with Gasteiger partial charge in [0, 0.05) is 18.6 Å². The second kappa shape index (κ2) is 7.08. The maximum absolute atomic E-state index is 13.4. The van der Waals surface area contributed by atoms with Crippen LogP contribution < -0.4 is 0 Å². The van der Waals surface area contributed by atoms with Gasteiger partial charge in [-0.3, -0.25) is 0 Å². The molecule has 1 unspecified atom stereocenters. The fourth-order valence-electron chi connectivity index (χ4n) is 4.13. The molecule has 1 aromatic carbocycles. The molecule has 0 aliphatic carbocycles. The van der Waals surface area contributed by atoms with Crippen molar-refractivity contribution >= 4 is 0 Å². The Morgan fingerprint density at radius 3 is 2.54 bits per heavy atom. The Hall–Kier alpha value is -1.79. The van der Waals surface area contributed by atoms with Crippen LogP contribution in [0.3, 0.4) is 0 Å². The molecule has 0 spiro atoms. The molecule has 6 heteroatoms. The quantitative estimate of drug-likeness (QED) is 0.836. The van der Waals surface area contributed by atoms with E-state index in [9.17, 15) is 4.39 Å². The van der Waals surface area contributed by atoms with E-state index < -0.39 is 5.41 Å². The van der Waals surface area contributed by atoms with Crippen molar-refractivity contribution in [3.63, 3.8) is 0 Å². The zero-order valence-electron chi connectivity index (χ0n) is 15.4. The summed E-state index contributed by atoms with van der Waals surface area (Å²) in [6.07, 6.45) is 2.86. The van der Waals surface area contributed by atoms with Crippen molar-refractivity contribution in [1.29, 1.82) is 0 Å². The van der Waals surface area contributed by atoms with Gasteiger partial charge in [-0.05, 0) is 63.9 Å². The Morgan fingerprint density at radius 2 is 1.92 bits per heavy atom. The predicted molar refractivity (Wildman–Crippen MR) is 95.6 cm³/mol. The van der Waals surface area contributed by atoms with Crippen molar-refractivity contribution in [2.45, 2.75) is 50.5 Å². The maximum atomic E-state index is 13.4. The van der Waals surface area contributed by atoms with Crippen LogP contribution in [0.5, 0.6) is 0 Å². The molecule has 3 heterocycles. The number of halogens is 1. The van der Waals surface area contributed by atoms with Crippen LogP contribution in [0.25, 0.3) is 0 Å². The predicted octanol–water partition coefficient (Wildman–Crippen LogP) is 3.50. The second-order valence-corrected chi connectivity index (χ2v) is 7.75. The molecule has 2 aromatic rings. The summed E-state index contributed by atoms with van der Waals surface area (Å²) in [5.74, 6) is 1.48. The first-order chi connectivity index (χ1) is 12.6. The fraction of sp³-hybridized carbons (Fsp3) is 0.600. The van der Waals surface area contributed by atoms with E-state index in [1.807, 2.05) is 0 Å². The first-order valence-corrected chi connectivity index (χ1v) is 9.50. The van der Waals surface area contributed by atoms with Crippen LogP contribution in [-0.2, 0) is 10.2 Å². The minimum atomic E-state index is -0.436. The zero-order valence-corrected chi connectivity index (χ0v) is 15.4. The van der Waals surface area contributed by atoms with E-state index in [2.05, 4.69) is 23.9 Å². The van der Waals surface area contributed by atoms with Crippen LogP contribution in [0.1, 0.15) is 56.3 Å². The van der Waals surface area contributed by atoms with Crippen molar-refractivity contribution in [1.82, 2.24) is 15.0 Å². The summed E-state index contributed by atoms with van der Waals surface area (Å²) in [7, 11) is 0. The van der Waals surface area contributed by atoms with Crippen LogP contribution in [0.4, 0.5) is 4.39 Å². The Labute approximate surface area is 153 Å². The van der Waals surface area contributed by atoms with Crippen molar-refractivity contribution in [2.75, 3.05) is 26.3 Å². The van der Waals surface area contributed by atoms with Gasteiger partial charge in [0.2, 0.25) is 5.89 Å². The van der Waals surface area contributed by atoms with E-state index in [0.717, 1.165) is 43.8 Å². The van der Waals surface area contributed by atoms with E-state index in [1.165, 1.54) is 12.1 Å². The highest BCUT2D eigenvalue weighted by Crippen LogP contribution is 2.39. The number of likely N-dealkylation sites (tertiary alicyclic amines) is 1. The number of rotatable bonds is 4. The number of hydrogen-bond acceptors (Lipinski definition) is 5. The minimum absolute atomic E-state index is 0.242. The molecule has 0 N–H and O–H groups in total. The summed E-state index contributed by atoms with van der Waals surface area (Å²) in [6.45, 7) is 7.74. The van der Waals surface area contributed by atoms with Gasteiger partial charge in [-0.15, -0.1) is 0 Å². The standard InChI is InChI=1S/C20H26FN3O2/c1-14(2)24-10-7-15(8-11-24)18-22-19(23-26-18)20(9-12-25-13-20)16-3-5-17(21)6-4-16/h3-6,14-15H,7-13H2,1-2H3. The monoisotopic (exact) mass is 359 g/mol.